The highest BCUT2D eigenvalue weighted by atomic mass is 16.5. The number of anilines is 1. The van der Waals surface area contributed by atoms with Gasteiger partial charge in [-0.1, -0.05) is 37.6 Å². The molecule has 1 aromatic carbocycles. The van der Waals surface area contributed by atoms with Crippen LogP contribution < -0.4 is 21.6 Å². The number of aromatic amines is 1. The highest BCUT2D eigenvalue weighted by Gasteiger charge is 2.16. The van der Waals surface area contributed by atoms with E-state index in [1.54, 1.807) is 0 Å². The molecule has 1 saturated heterocycles. The molecule has 3 N–H and O–H groups in total. The molecule has 0 spiro atoms. The maximum Gasteiger partial charge on any atom is 0.320 e. The maximum atomic E-state index is 12.7. The third-order valence-corrected chi connectivity index (χ3v) is 5.50. The Balaban J connectivity index is 1.69. The first-order valence-electron chi connectivity index (χ1n) is 10.8. The summed E-state index contributed by atoms with van der Waals surface area (Å²) in [6, 6.07) is 8.17. The number of nitrogens with zero attached hydrogens (tertiary/aromatic N) is 4. The van der Waals surface area contributed by atoms with Crippen LogP contribution in [0.25, 0.3) is 11.2 Å². The standard InChI is InChI=1S/C22H28N6O3/c1-2-3-11-31-22-25-18(23)17-19(26-22)28(21(30)20(29)24-17)14-16-8-6-7-15(12-16)13-27-9-4-5-10-27/h6-8,12H,2-5,9-11,13-14H2,1H3,(H,24,29)(H2,23,25,26). The molecule has 4 rings (SSSR count). The van der Waals surface area contributed by atoms with Gasteiger partial charge in [0.15, 0.2) is 11.5 Å². The number of hydrogen-bond donors (Lipinski definition) is 2. The number of nitrogen functional groups attached to an aromatic ring is 1. The summed E-state index contributed by atoms with van der Waals surface area (Å²) in [6.07, 6.45) is 4.29. The average molecular weight is 425 g/mol. The smallest absolute Gasteiger partial charge is 0.320 e. The molecule has 0 aliphatic carbocycles. The lowest BCUT2D eigenvalue weighted by atomic mass is 10.1. The lowest BCUT2D eigenvalue weighted by Gasteiger charge is -2.16. The van der Waals surface area contributed by atoms with Crippen LogP contribution in [-0.4, -0.2) is 44.1 Å². The van der Waals surface area contributed by atoms with E-state index in [1.165, 1.54) is 23.0 Å². The van der Waals surface area contributed by atoms with Crippen LogP contribution in [0.4, 0.5) is 5.82 Å². The molecule has 164 valence electrons. The summed E-state index contributed by atoms with van der Waals surface area (Å²) >= 11 is 0. The van der Waals surface area contributed by atoms with E-state index < -0.39 is 11.1 Å². The van der Waals surface area contributed by atoms with Crippen molar-refractivity contribution in [1.29, 1.82) is 0 Å². The quantitative estimate of drug-likeness (QED) is 0.419. The van der Waals surface area contributed by atoms with Gasteiger partial charge in [0, 0.05) is 6.54 Å². The number of ether oxygens (including phenoxy) is 1. The first-order chi connectivity index (χ1) is 15.0. The summed E-state index contributed by atoms with van der Waals surface area (Å²) in [5, 5.41) is 0. The van der Waals surface area contributed by atoms with Gasteiger partial charge in [-0.2, -0.15) is 9.97 Å². The van der Waals surface area contributed by atoms with Crippen molar-refractivity contribution < 1.29 is 4.74 Å². The van der Waals surface area contributed by atoms with Crippen molar-refractivity contribution in [3.8, 4) is 6.01 Å². The number of H-pyrrole nitrogens is 1. The second-order valence-corrected chi connectivity index (χ2v) is 7.94. The number of fused-ring (bicyclic) bond motifs is 1. The van der Waals surface area contributed by atoms with E-state index in [4.69, 9.17) is 10.5 Å². The van der Waals surface area contributed by atoms with Gasteiger partial charge in [-0.15, -0.1) is 0 Å². The fourth-order valence-electron chi connectivity index (χ4n) is 3.87. The molecule has 31 heavy (non-hydrogen) atoms. The van der Waals surface area contributed by atoms with E-state index in [9.17, 15) is 9.59 Å². The van der Waals surface area contributed by atoms with E-state index in [-0.39, 0.29) is 29.5 Å². The lowest BCUT2D eigenvalue weighted by molar-refractivity contribution is 0.286. The molecule has 2 aromatic heterocycles. The Bertz CT molecular complexity index is 1180. The second-order valence-electron chi connectivity index (χ2n) is 7.94. The zero-order valence-electron chi connectivity index (χ0n) is 17.8. The molecule has 1 fully saturated rings. The Hall–Kier alpha value is -3.20. The average Bonchev–Trinajstić information content (AvgIpc) is 3.26. The van der Waals surface area contributed by atoms with Gasteiger partial charge in [0.25, 0.3) is 0 Å². The van der Waals surface area contributed by atoms with E-state index in [2.05, 4.69) is 38.9 Å². The van der Waals surface area contributed by atoms with Crippen molar-refractivity contribution in [3.63, 3.8) is 0 Å². The number of unbranched alkanes of at least 4 members (excludes halogenated alkanes) is 1. The number of nitrogens with one attached hydrogen (secondary N) is 1. The van der Waals surface area contributed by atoms with Crippen LogP contribution in [-0.2, 0) is 13.1 Å². The second kappa shape index (κ2) is 9.30. The number of rotatable bonds is 8. The topological polar surface area (TPSA) is 119 Å². The Kier molecular flexibility index (Phi) is 6.31. The fourth-order valence-corrected chi connectivity index (χ4v) is 3.87. The van der Waals surface area contributed by atoms with Crippen LogP contribution in [0.5, 0.6) is 6.01 Å². The Morgan fingerprint density at radius 1 is 1.13 bits per heavy atom. The molecule has 0 radical (unpaired) electrons. The van der Waals surface area contributed by atoms with Crippen LogP contribution in [0.3, 0.4) is 0 Å². The summed E-state index contributed by atoms with van der Waals surface area (Å²) in [5.41, 5.74) is 7.18. The highest BCUT2D eigenvalue weighted by molar-refractivity contribution is 5.81. The summed E-state index contributed by atoms with van der Waals surface area (Å²) in [6.45, 7) is 5.81. The third-order valence-electron chi connectivity index (χ3n) is 5.50. The normalized spacial score (nSPS) is 14.4. The van der Waals surface area contributed by atoms with Crippen molar-refractivity contribution in [2.45, 2.75) is 45.7 Å². The van der Waals surface area contributed by atoms with Crippen molar-refractivity contribution in [1.82, 2.24) is 24.4 Å². The first kappa shape index (κ1) is 21.0. The molecule has 0 amide bonds. The van der Waals surface area contributed by atoms with E-state index in [1.807, 2.05) is 12.1 Å². The highest BCUT2D eigenvalue weighted by Crippen LogP contribution is 2.19. The largest absolute Gasteiger partial charge is 0.463 e. The molecule has 9 nitrogen and oxygen atoms in total. The summed E-state index contributed by atoms with van der Waals surface area (Å²) in [4.78, 5) is 38.4. The van der Waals surface area contributed by atoms with Crippen LogP contribution in [0.2, 0.25) is 0 Å². The summed E-state index contributed by atoms with van der Waals surface area (Å²) < 4.78 is 6.93. The minimum Gasteiger partial charge on any atom is -0.463 e. The molecule has 9 heteroatoms. The summed E-state index contributed by atoms with van der Waals surface area (Å²) in [5.74, 6) is 0.0742. The van der Waals surface area contributed by atoms with Crippen molar-refractivity contribution in [3.05, 3.63) is 56.1 Å². The van der Waals surface area contributed by atoms with Crippen LogP contribution in [0.1, 0.15) is 43.7 Å². The molecule has 0 bridgehead atoms. The minimum absolute atomic E-state index is 0.0742. The van der Waals surface area contributed by atoms with Crippen molar-refractivity contribution in [2.75, 3.05) is 25.4 Å². The van der Waals surface area contributed by atoms with Gasteiger partial charge in [0.1, 0.15) is 5.52 Å². The molecule has 1 aliphatic rings. The predicted molar refractivity (Wildman–Crippen MR) is 119 cm³/mol. The number of nitrogens with two attached hydrogens (primary N) is 1. The van der Waals surface area contributed by atoms with E-state index in [0.717, 1.165) is 38.0 Å². The number of benzene rings is 1. The van der Waals surface area contributed by atoms with E-state index >= 15 is 0 Å². The van der Waals surface area contributed by atoms with Gasteiger partial charge in [-0.25, -0.2) is 0 Å². The number of likely N-dealkylation sites (tertiary alicyclic amines) is 1. The molecule has 0 atom stereocenters. The van der Waals surface area contributed by atoms with Gasteiger partial charge < -0.3 is 15.5 Å². The molecule has 0 saturated carbocycles. The third kappa shape index (κ3) is 4.77. The summed E-state index contributed by atoms with van der Waals surface area (Å²) in [7, 11) is 0. The minimum atomic E-state index is -0.754. The molecule has 0 unspecified atom stereocenters. The first-order valence-corrected chi connectivity index (χ1v) is 10.8. The van der Waals surface area contributed by atoms with Crippen molar-refractivity contribution in [2.24, 2.45) is 0 Å². The van der Waals surface area contributed by atoms with Crippen LogP contribution >= 0.6 is 0 Å². The number of aromatic nitrogens is 4. The molecule has 3 heterocycles. The molecular formula is C22H28N6O3. The van der Waals surface area contributed by atoms with Crippen molar-refractivity contribution >= 4 is 17.0 Å². The molecular weight excluding hydrogens is 396 g/mol. The zero-order chi connectivity index (χ0) is 21.8. The maximum absolute atomic E-state index is 12.7. The van der Waals surface area contributed by atoms with E-state index in [0.29, 0.717) is 6.61 Å². The predicted octanol–water partition coefficient (Wildman–Crippen LogP) is 1.88. The monoisotopic (exact) mass is 424 g/mol. The Morgan fingerprint density at radius 3 is 2.61 bits per heavy atom. The van der Waals surface area contributed by atoms with Gasteiger partial charge in [-0.05, 0) is 43.5 Å². The van der Waals surface area contributed by atoms with Crippen LogP contribution in [0, 0.1) is 0 Å². The fraction of sp³-hybridized carbons (Fsp3) is 0.455. The van der Waals surface area contributed by atoms with Gasteiger partial charge in [-0.3, -0.25) is 19.1 Å². The molecule has 3 aromatic rings. The van der Waals surface area contributed by atoms with Crippen LogP contribution in [0.15, 0.2) is 33.9 Å². The number of hydrogen-bond acceptors (Lipinski definition) is 7. The van der Waals surface area contributed by atoms with Gasteiger partial charge in [0.2, 0.25) is 0 Å². The van der Waals surface area contributed by atoms with Gasteiger partial charge in [0.05, 0.1) is 13.2 Å². The van der Waals surface area contributed by atoms with Gasteiger partial charge >= 0.3 is 17.1 Å². The zero-order valence-corrected chi connectivity index (χ0v) is 17.8. The molecule has 1 aliphatic heterocycles. The Labute approximate surface area is 179 Å². The Morgan fingerprint density at radius 2 is 1.87 bits per heavy atom. The SMILES string of the molecule is CCCCOc1nc(N)c2[nH]c(=O)c(=O)n(Cc3cccc(CN4CCCC4)c3)c2n1. The lowest BCUT2D eigenvalue weighted by Crippen LogP contribution is -2.37.